The first-order valence-electron chi connectivity index (χ1n) is 8.24. The Morgan fingerprint density at radius 1 is 1.30 bits per heavy atom. The molecule has 1 spiro atoms. The maximum atomic E-state index is 12.6. The third-order valence-electron chi connectivity index (χ3n) is 5.06. The SMILES string of the molecule is COc1ccc(CC(=O)N2CC[C@@]3(CCCO3)[C@@H](OC)C2)cc1. The summed E-state index contributed by atoms with van der Waals surface area (Å²) in [6, 6.07) is 7.66. The van der Waals surface area contributed by atoms with Crippen molar-refractivity contribution in [3.8, 4) is 5.75 Å². The molecule has 1 amide bonds. The van der Waals surface area contributed by atoms with Gasteiger partial charge in [-0.05, 0) is 37.0 Å². The van der Waals surface area contributed by atoms with Gasteiger partial charge in [-0.1, -0.05) is 12.1 Å². The van der Waals surface area contributed by atoms with Crippen LogP contribution in [-0.2, 0) is 20.7 Å². The van der Waals surface area contributed by atoms with E-state index in [1.807, 2.05) is 29.2 Å². The second-order valence-electron chi connectivity index (χ2n) is 6.36. The molecule has 0 aromatic heterocycles. The van der Waals surface area contributed by atoms with Gasteiger partial charge in [-0.2, -0.15) is 0 Å². The summed E-state index contributed by atoms with van der Waals surface area (Å²) in [6.07, 6.45) is 3.36. The molecule has 5 nitrogen and oxygen atoms in total. The van der Waals surface area contributed by atoms with Gasteiger partial charge in [0.1, 0.15) is 11.9 Å². The van der Waals surface area contributed by atoms with Crippen molar-refractivity contribution in [1.29, 1.82) is 0 Å². The van der Waals surface area contributed by atoms with Gasteiger partial charge >= 0.3 is 0 Å². The van der Waals surface area contributed by atoms with Crippen LogP contribution in [0, 0.1) is 0 Å². The van der Waals surface area contributed by atoms with Crippen LogP contribution in [0.5, 0.6) is 5.75 Å². The van der Waals surface area contributed by atoms with Gasteiger partial charge in [0, 0.05) is 26.8 Å². The molecule has 0 N–H and O–H groups in total. The van der Waals surface area contributed by atoms with Gasteiger partial charge < -0.3 is 19.1 Å². The van der Waals surface area contributed by atoms with Crippen molar-refractivity contribution in [2.75, 3.05) is 33.9 Å². The molecule has 23 heavy (non-hydrogen) atoms. The highest BCUT2D eigenvalue weighted by Gasteiger charge is 2.47. The minimum atomic E-state index is -0.175. The van der Waals surface area contributed by atoms with Crippen molar-refractivity contribution in [2.45, 2.75) is 37.4 Å². The Kier molecular flexibility index (Phi) is 4.87. The molecule has 2 aliphatic heterocycles. The van der Waals surface area contributed by atoms with E-state index in [1.165, 1.54) is 0 Å². The number of ether oxygens (including phenoxy) is 3. The van der Waals surface area contributed by atoms with Crippen LogP contribution in [0.15, 0.2) is 24.3 Å². The van der Waals surface area contributed by atoms with Crippen molar-refractivity contribution < 1.29 is 19.0 Å². The minimum Gasteiger partial charge on any atom is -0.497 e. The van der Waals surface area contributed by atoms with Gasteiger partial charge in [0.25, 0.3) is 0 Å². The smallest absolute Gasteiger partial charge is 0.227 e. The third kappa shape index (κ3) is 3.35. The molecule has 1 aromatic carbocycles. The predicted octanol–water partition coefficient (Wildman–Crippen LogP) is 2.03. The zero-order chi connectivity index (χ0) is 16.3. The second-order valence-corrected chi connectivity index (χ2v) is 6.36. The standard InChI is InChI=1S/C18H25NO4/c1-21-15-6-4-14(5-7-15)12-17(20)19-10-9-18(8-3-11-23-18)16(13-19)22-2/h4-7,16H,3,8-13H2,1-2H3/t16-,18-/m0/s1. The molecule has 2 heterocycles. The highest BCUT2D eigenvalue weighted by Crippen LogP contribution is 2.37. The molecule has 2 fully saturated rings. The first-order valence-corrected chi connectivity index (χ1v) is 8.24. The topological polar surface area (TPSA) is 48.0 Å². The van der Waals surface area contributed by atoms with E-state index < -0.39 is 0 Å². The van der Waals surface area contributed by atoms with Crippen LogP contribution in [0.4, 0.5) is 0 Å². The Hall–Kier alpha value is -1.59. The number of methoxy groups -OCH3 is 2. The number of likely N-dealkylation sites (tertiary alicyclic amines) is 1. The Labute approximate surface area is 137 Å². The maximum Gasteiger partial charge on any atom is 0.227 e. The highest BCUT2D eigenvalue weighted by atomic mass is 16.5. The molecule has 0 bridgehead atoms. The van der Waals surface area contributed by atoms with Crippen LogP contribution in [0.1, 0.15) is 24.8 Å². The summed E-state index contributed by atoms with van der Waals surface area (Å²) in [5, 5.41) is 0. The van der Waals surface area contributed by atoms with Crippen LogP contribution in [0.25, 0.3) is 0 Å². The highest BCUT2D eigenvalue weighted by molar-refractivity contribution is 5.79. The van der Waals surface area contributed by atoms with Crippen molar-refractivity contribution in [1.82, 2.24) is 4.90 Å². The lowest BCUT2D eigenvalue weighted by Gasteiger charge is -2.44. The average Bonchev–Trinajstić information content (AvgIpc) is 3.05. The van der Waals surface area contributed by atoms with E-state index in [0.717, 1.165) is 43.7 Å². The van der Waals surface area contributed by atoms with Gasteiger partial charge in [0.15, 0.2) is 0 Å². The molecule has 3 rings (SSSR count). The molecule has 0 saturated carbocycles. The summed E-state index contributed by atoms with van der Waals surface area (Å²) in [5.74, 6) is 0.948. The summed E-state index contributed by atoms with van der Waals surface area (Å²) >= 11 is 0. The third-order valence-corrected chi connectivity index (χ3v) is 5.06. The Bertz CT molecular complexity index is 536. The molecule has 2 saturated heterocycles. The van der Waals surface area contributed by atoms with Crippen LogP contribution >= 0.6 is 0 Å². The Morgan fingerprint density at radius 3 is 2.70 bits per heavy atom. The first kappa shape index (κ1) is 16.3. The van der Waals surface area contributed by atoms with E-state index >= 15 is 0 Å². The van der Waals surface area contributed by atoms with Crippen LogP contribution in [0.2, 0.25) is 0 Å². The summed E-state index contributed by atoms with van der Waals surface area (Å²) in [4.78, 5) is 14.5. The van der Waals surface area contributed by atoms with Crippen molar-refractivity contribution in [3.05, 3.63) is 29.8 Å². The molecule has 2 aliphatic rings. The van der Waals surface area contributed by atoms with Gasteiger partial charge in [-0.3, -0.25) is 4.79 Å². The Morgan fingerprint density at radius 2 is 2.09 bits per heavy atom. The molecule has 0 radical (unpaired) electrons. The summed E-state index contributed by atoms with van der Waals surface area (Å²) in [6.45, 7) is 2.17. The number of nitrogens with zero attached hydrogens (tertiary/aromatic N) is 1. The number of hydrogen-bond donors (Lipinski definition) is 0. The van der Waals surface area contributed by atoms with Crippen LogP contribution < -0.4 is 4.74 Å². The van der Waals surface area contributed by atoms with E-state index in [-0.39, 0.29) is 17.6 Å². The van der Waals surface area contributed by atoms with E-state index in [0.29, 0.717) is 13.0 Å². The lowest BCUT2D eigenvalue weighted by Crippen LogP contribution is -2.57. The monoisotopic (exact) mass is 319 g/mol. The normalized spacial score (nSPS) is 27.4. The lowest BCUT2D eigenvalue weighted by molar-refractivity contribution is -0.158. The second kappa shape index (κ2) is 6.89. The number of hydrogen-bond acceptors (Lipinski definition) is 4. The first-order chi connectivity index (χ1) is 11.2. The van der Waals surface area contributed by atoms with E-state index in [2.05, 4.69) is 0 Å². The summed E-state index contributed by atoms with van der Waals surface area (Å²) in [7, 11) is 3.35. The number of carbonyl (C=O) groups is 1. The van der Waals surface area contributed by atoms with Gasteiger partial charge in [-0.25, -0.2) is 0 Å². The number of piperidine rings is 1. The van der Waals surface area contributed by atoms with E-state index in [9.17, 15) is 4.79 Å². The van der Waals surface area contributed by atoms with Gasteiger partial charge in [0.2, 0.25) is 5.91 Å². The van der Waals surface area contributed by atoms with Crippen molar-refractivity contribution in [3.63, 3.8) is 0 Å². The number of rotatable bonds is 4. The van der Waals surface area contributed by atoms with Crippen molar-refractivity contribution in [2.24, 2.45) is 0 Å². The molecular formula is C18H25NO4. The molecule has 1 aromatic rings. The molecule has 0 aliphatic carbocycles. The molecule has 0 unspecified atom stereocenters. The van der Waals surface area contributed by atoms with Crippen LogP contribution in [-0.4, -0.2) is 56.4 Å². The fraction of sp³-hybridized carbons (Fsp3) is 0.611. The predicted molar refractivity (Wildman–Crippen MR) is 86.6 cm³/mol. The fourth-order valence-electron chi connectivity index (χ4n) is 3.66. The zero-order valence-electron chi connectivity index (χ0n) is 13.9. The lowest BCUT2D eigenvalue weighted by atomic mass is 9.85. The number of carbonyl (C=O) groups excluding carboxylic acids is 1. The van der Waals surface area contributed by atoms with E-state index in [4.69, 9.17) is 14.2 Å². The van der Waals surface area contributed by atoms with Gasteiger partial charge in [-0.15, -0.1) is 0 Å². The van der Waals surface area contributed by atoms with E-state index in [1.54, 1.807) is 14.2 Å². The largest absolute Gasteiger partial charge is 0.497 e. The quantitative estimate of drug-likeness (QED) is 0.852. The number of amides is 1. The molecular weight excluding hydrogens is 294 g/mol. The minimum absolute atomic E-state index is 0.0291. The summed E-state index contributed by atoms with van der Waals surface area (Å²) < 4.78 is 16.8. The zero-order valence-corrected chi connectivity index (χ0v) is 13.9. The van der Waals surface area contributed by atoms with Crippen LogP contribution in [0.3, 0.4) is 0 Å². The Balaban J connectivity index is 1.61. The molecule has 5 heteroatoms. The van der Waals surface area contributed by atoms with Crippen molar-refractivity contribution >= 4 is 5.91 Å². The number of benzene rings is 1. The maximum absolute atomic E-state index is 12.6. The summed E-state index contributed by atoms with van der Waals surface area (Å²) in [5.41, 5.74) is 0.827. The molecule has 126 valence electrons. The van der Waals surface area contributed by atoms with Gasteiger partial charge in [0.05, 0.1) is 19.1 Å². The fourth-order valence-corrected chi connectivity index (χ4v) is 3.66. The molecule has 2 atom stereocenters. The average molecular weight is 319 g/mol.